The Morgan fingerprint density at radius 1 is 1.10 bits per heavy atom. The summed E-state index contributed by atoms with van der Waals surface area (Å²) in [4.78, 5) is 10.9. The SMILES string of the molecule is O=C1C(Cl)CC(Cl)CC1Cl. The van der Waals surface area contributed by atoms with Crippen molar-refractivity contribution in [1.29, 1.82) is 0 Å². The number of carbonyl (C=O) groups is 1. The number of Topliss-reactive ketones (excluding diaryl/α,β-unsaturated/α-hetero) is 1. The van der Waals surface area contributed by atoms with E-state index in [9.17, 15) is 4.79 Å². The van der Waals surface area contributed by atoms with Crippen molar-refractivity contribution < 1.29 is 4.79 Å². The van der Waals surface area contributed by atoms with Crippen molar-refractivity contribution in [3.63, 3.8) is 0 Å². The van der Waals surface area contributed by atoms with Gasteiger partial charge in [-0.15, -0.1) is 34.8 Å². The molecule has 0 aromatic rings. The molecule has 0 aromatic heterocycles. The smallest absolute Gasteiger partial charge is 0.168 e. The number of hydrogen-bond donors (Lipinski definition) is 0. The lowest BCUT2D eigenvalue weighted by Crippen LogP contribution is -2.34. The quantitative estimate of drug-likeness (QED) is 0.549. The minimum Gasteiger partial charge on any atom is -0.296 e. The average molecular weight is 201 g/mol. The van der Waals surface area contributed by atoms with Gasteiger partial charge in [0.05, 0.1) is 10.8 Å². The molecule has 0 radical (unpaired) electrons. The van der Waals surface area contributed by atoms with Gasteiger partial charge in [0.15, 0.2) is 5.78 Å². The molecule has 0 aliphatic heterocycles. The fraction of sp³-hybridized carbons (Fsp3) is 0.833. The molecule has 1 saturated carbocycles. The molecule has 10 heavy (non-hydrogen) atoms. The van der Waals surface area contributed by atoms with Crippen molar-refractivity contribution in [1.82, 2.24) is 0 Å². The Labute approximate surface area is 74.6 Å². The molecule has 0 aromatic carbocycles. The van der Waals surface area contributed by atoms with Crippen LogP contribution >= 0.6 is 34.8 Å². The van der Waals surface area contributed by atoms with E-state index in [4.69, 9.17) is 34.8 Å². The highest BCUT2D eigenvalue weighted by Crippen LogP contribution is 2.27. The lowest BCUT2D eigenvalue weighted by Gasteiger charge is -2.23. The maximum absolute atomic E-state index is 10.9. The van der Waals surface area contributed by atoms with Crippen LogP contribution in [0.25, 0.3) is 0 Å². The molecule has 1 rings (SSSR count). The van der Waals surface area contributed by atoms with Crippen LogP contribution < -0.4 is 0 Å². The van der Waals surface area contributed by atoms with Gasteiger partial charge in [-0.25, -0.2) is 0 Å². The molecule has 0 saturated heterocycles. The van der Waals surface area contributed by atoms with E-state index in [1.165, 1.54) is 0 Å². The summed E-state index contributed by atoms with van der Waals surface area (Å²) in [5, 5.41) is -0.986. The van der Waals surface area contributed by atoms with E-state index in [-0.39, 0.29) is 11.2 Å². The van der Waals surface area contributed by atoms with Crippen LogP contribution in [0.4, 0.5) is 0 Å². The van der Waals surface area contributed by atoms with Gasteiger partial charge in [0, 0.05) is 5.38 Å². The number of halogens is 3. The summed E-state index contributed by atoms with van der Waals surface area (Å²) in [6.45, 7) is 0. The van der Waals surface area contributed by atoms with Crippen LogP contribution in [0.5, 0.6) is 0 Å². The summed E-state index contributed by atoms with van der Waals surface area (Å²) in [6, 6.07) is 0. The Bertz CT molecular complexity index is 134. The van der Waals surface area contributed by atoms with E-state index < -0.39 is 10.8 Å². The van der Waals surface area contributed by atoms with Crippen LogP contribution in [0.1, 0.15) is 12.8 Å². The van der Waals surface area contributed by atoms with Gasteiger partial charge >= 0.3 is 0 Å². The van der Waals surface area contributed by atoms with Crippen molar-refractivity contribution in [2.24, 2.45) is 0 Å². The second kappa shape index (κ2) is 3.29. The third-order valence-electron chi connectivity index (χ3n) is 1.54. The minimum atomic E-state index is -0.473. The molecule has 1 fully saturated rings. The molecule has 0 heterocycles. The van der Waals surface area contributed by atoms with Gasteiger partial charge in [0.2, 0.25) is 0 Å². The molecule has 4 heteroatoms. The van der Waals surface area contributed by atoms with Gasteiger partial charge in [-0.05, 0) is 12.8 Å². The van der Waals surface area contributed by atoms with Gasteiger partial charge < -0.3 is 0 Å². The summed E-state index contributed by atoms with van der Waals surface area (Å²) >= 11 is 17.0. The second-order valence-electron chi connectivity index (χ2n) is 2.41. The zero-order chi connectivity index (χ0) is 7.72. The molecule has 1 aliphatic carbocycles. The van der Waals surface area contributed by atoms with Crippen molar-refractivity contribution in [3.05, 3.63) is 0 Å². The van der Waals surface area contributed by atoms with E-state index in [0.717, 1.165) is 0 Å². The molecule has 0 bridgehead atoms. The van der Waals surface area contributed by atoms with Gasteiger partial charge in [0.25, 0.3) is 0 Å². The minimum absolute atomic E-state index is 0.0392. The third kappa shape index (κ3) is 1.77. The van der Waals surface area contributed by atoms with Gasteiger partial charge in [-0.2, -0.15) is 0 Å². The maximum atomic E-state index is 10.9. The lowest BCUT2D eigenvalue weighted by atomic mass is 9.98. The highest BCUT2D eigenvalue weighted by Gasteiger charge is 2.32. The van der Waals surface area contributed by atoms with Gasteiger partial charge in [-0.3, -0.25) is 4.79 Å². The van der Waals surface area contributed by atoms with Gasteiger partial charge in [-0.1, -0.05) is 0 Å². The molecule has 1 aliphatic rings. The van der Waals surface area contributed by atoms with Crippen molar-refractivity contribution >= 4 is 40.6 Å². The molecular weight excluding hydrogens is 194 g/mol. The standard InChI is InChI=1S/C6H7Cl3O/c7-3-1-4(8)6(10)5(9)2-3/h3-5H,1-2H2. The van der Waals surface area contributed by atoms with E-state index >= 15 is 0 Å². The van der Waals surface area contributed by atoms with E-state index in [1.54, 1.807) is 0 Å². The molecule has 1 nitrogen and oxygen atoms in total. The summed E-state index contributed by atoms with van der Waals surface area (Å²) in [5.41, 5.74) is 0. The summed E-state index contributed by atoms with van der Waals surface area (Å²) in [7, 11) is 0. The number of ketones is 1. The molecular formula is C6H7Cl3O. The maximum Gasteiger partial charge on any atom is 0.168 e. The number of rotatable bonds is 0. The average Bonchev–Trinajstić information content (AvgIpc) is 1.82. The fourth-order valence-corrected chi connectivity index (χ4v) is 2.31. The highest BCUT2D eigenvalue weighted by atomic mass is 35.5. The number of carbonyl (C=O) groups excluding carboxylic acids is 1. The number of alkyl halides is 3. The first kappa shape index (κ1) is 8.63. The van der Waals surface area contributed by atoms with Crippen LogP contribution in [0.15, 0.2) is 0 Å². The summed E-state index contributed by atoms with van der Waals surface area (Å²) in [5.74, 6) is -0.0831. The largest absolute Gasteiger partial charge is 0.296 e. The molecule has 0 N–H and O–H groups in total. The molecule has 0 amide bonds. The van der Waals surface area contributed by atoms with Gasteiger partial charge in [0.1, 0.15) is 0 Å². The van der Waals surface area contributed by atoms with E-state index in [2.05, 4.69) is 0 Å². The van der Waals surface area contributed by atoms with E-state index in [0.29, 0.717) is 12.8 Å². The monoisotopic (exact) mass is 200 g/mol. The Morgan fingerprint density at radius 3 is 1.90 bits per heavy atom. The first-order valence-electron chi connectivity index (χ1n) is 3.07. The van der Waals surface area contributed by atoms with Crippen LogP contribution in [0.2, 0.25) is 0 Å². The zero-order valence-electron chi connectivity index (χ0n) is 5.19. The highest BCUT2D eigenvalue weighted by molar-refractivity contribution is 6.41. The fourth-order valence-electron chi connectivity index (χ4n) is 0.974. The van der Waals surface area contributed by atoms with Crippen molar-refractivity contribution in [2.75, 3.05) is 0 Å². The molecule has 2 atom stereocenters. The number of hydrogen-bond acceptors (Lipinski definition) is 1. The first-order valence-corrected chi connectivity index (χ1v) is 4.38. The van der Waals surface area contributed by atoms with Crippen LogP contribution in [0.3, 0.4) is 0 Å². The third-order valence-corrected chi connectivity index (χ3v) is 2.69. The Morgan fingerprint density at radius 2 is 1.50 bits per heavy atom. The lowest BCUT2D eigenvalue weighted by molar-refractivity contribution is -0.119. The van der Waals surface area contributed by atoms with Crippen LogP contribution in [0, 0.1) is 0 Å². The normalized spacial score (nSPS) is 41.9. The zero-order valence-corrected chi connectivity index (χ0v) is 7.46. The van der Waals surface area contributed by atoms with Crippen LogP contribution in [-0.4, -0.2) is 21.9 Å². The van der Waals surface area contributed by atoms with E-state index in [1.807, 2.05) is 0 Å². The molecule has 58 valence electrons. The topological polar surface area (TPSA) is 17.1 Å². The Balaban J connectivity index is 2.57. The van der Waals surface area contributed by atoms with Crippen molar-refractivity contribution in [3.8, 4) is 0 Å². The molecule has 2 unspecified atom stereocenters. The second-order valence-corrected chi connectivity index (χ2v) is 4.08. The summed E-state index contributed by atoms with van der Waals surface area (Å²) < 4.78 is 0. The van der Waals surface area contributed by atoms with Crippen molar-refractivity contribution in [2.45, 2.75) is 29.0 Å². The van der Waals surface area contributed by atoms with Crippen LogP contribution in [-0.2, 0) is 4.79 Å². The first-order chi connectivity index (χ1) is 4.61. The summed E-state index contributed by atoms with van der Waals surface area (Å²) in [6.07, 6.45) is 1.09. The molecule has 0 spiro atoms. The predicted octanol–water partition coefficient (Wildman–Crippen LogP) is 2.17. The Hall–Kier alpha value is 0.540. The Kier molecular flexibility index (Phi) is 2.84. The predicted molar refractivity (Wildman–Crippen MR) is 43.2 cm³/mol.